The van der Waals surface area contributed by atoms with E-state index in [1.54, 1.807) is 23.9 Å². The third-order valence-electron chi connectivity index (χ3n) is 2.65. The molecule has 3 nitrogen and oxygen atoms in total. The fourth-order valence-corrected chi connectivity index (χ4v) is 2.91. The predicted octanol–water partition coefficient (Wildman–Crippen LogP) is 2.35. The maximum Gasteiger partial charge on any atom is 0.307 e. The molecule has 0 spiro atoms. The lowest BCUT2D eigenvalue weighted by atomic mass is 9.85. The van der Waals surface area contributed by atoms with Crippen LogP contribution in [0.4, 0.5) is 0 Å². The summed E-state index contributed by atoms with van der Waals surface area (Å²) in [6.07, 6.45) is 1.74. The molecule has 0 radical (unpaired) electrons. The molecule has 2 atom stereocenters. The monoisotopic (exact) mass is 224 g/mol. The highest BCUT2D eigenvalue weighted by molar-refractivity contribution is 8.00. The molecule has 1 aromatic carbocycles. The first kappa shape index (κ1) is 10.4. The van der Waals surface area contributed by atoms with Crippen molar-refractivity contribution in [1.29, 1.82) is 0 Å². The maximum atomic E-state index is 10.8. The summed E-state index contributed by atoms with van der Waals surface area (Å²) in [6.45, 7) is 0. The molecule has 0 aromatic heterocycles. The number of phenols is 1. The second-order valence-electron chi connectivity index (χ2n) is 3.67. The van der Waals surface area contributed by atoms with E-state index in [0.717, 1.165) is 17.7 Å². The van der Waals surface area contributed by atoms with Gasteiger partial charge in [0.25, 0.3) is 0 Å². The van der Waals surface area contributed by atoms with Gasteiger partial charge in [-0.25, -0.2) is 0 Å². The molecule has 0 aliphatic heterocycles. The van der Waals surface area contributed by atoms with E-state index in [1.807, 2.05) is 12.1 Å². The summed E-state index contributed by atoms with van der Waals surface area (Å²) in [7, 11) is 0. The zero-order valence-electron chi connectivity index (χ0n) is 8.09. The van der Waals surface area contributed by atoms with Crippen LogP contribution in [0.5, 0.6) is 5.75 Å². The Labute approximate surface area is 92.1 Å². The normalized spacial score (nSPS) is 24.5. The summed E-state index contributed by atoms with van der Waals surface area (Å²) in [5, 5.41) is 18.2. The van der Waals surface area contributed by atoms with Gasteiger partial charge >= 0.3 is 5.97 Å². The third-order valence-corrected chi connectivity index (χ3v) is 4.06. The minimum atomic E-state index is -0.697. The second kappa shape index (κ2) is 4.14. The molecule has 1 aliphatic carbocycles. The molecule has 4 heteroatoms. The van der Waals surface area contributed by atoms with Gasteiger partial charge in [-0.15, -0.1) is 11.8 Å². The molecule has 1 fully saturated rings. The summed E-state index contributed by atoms with van der Waals surface area (Å²) in [6, 6.07) is 6.88. The number of aromatic hydroxyl groups is 1. The maximum absolute atomic E-state index is 10.8. The molecule has 15 heavy (non-hydrogen) atoms. The van der Waals surface area contributed by atoms with E-state index < -0.39 is 5.97 Å². The number of hydrogen-bond acceptors (Lipinski definition) is 3. The number of carbonyl (C=O) groups is 1. The molecule has 0 amide bonds. The Morgan fingerprint density at radius 2 is 1.93 bits per heavy atom. The van der Waals surface area contributed by atoms with Crippen LogP contribution >= 0.6 is 11.8 Å². The lowest BCUT2D eigenvalue weighted by Crippen LogP contribution is -2.35. The molecule has 2 N–H and O–H groups in total. The average molecular weight is 224 g/mol. The van der Waals surface area contributed by atoms with Gasteiger partial charge in [0.05, 0.1) is 5.92 Å². The SMILES string of the molecule is O=C(O)C1CCC1Sc1ccc(O)cc1. The van der Waals surface area contributed by atoms with Crippen LogP contribution in [-0.4, -0.2) is 21.4 Å². The number of aliphatic carboxylic acids is 1. The van der Waals surface area contributed by atoms with Gasteiger partial charge in [0.2, 0.25) is 0 Å². The highest BCUT2D eigenvalue weighted by atomic mass is 32.2. The van der Waals surface area contributed by atoms with Gasteiger partial charge in [0.1, 0.15) is 5.75 Å². The van der Waals surface area contributed by atoms with Crippen LogP contribution < -0.4 is 0 Å². The summed E-state index contributed by atoms with van der Waals surface area (Å²) in [5.74, 6) is -0.663. The van der Waals surface area contributed by atoms with Crippen LogP contribution in [0, 0.1) is 5.92 Å². The number of carboxylic acids is 1. The number of phenolic OH excluding ortho intramolecular Hbond substituents is 1. The largest absolute Gasteiger partial charge is 0.508 e. The van der Waals surface area contributed by atoms with Crippen molar-refractivity contribution in [3.8, 4) is 5.75 Å². The molecular formula is C11H12O3S. The van der Waals surface area contributed by atoms with Crippen LogP contribution in [-0.2, 0) is 4.79 Å². The van der Waals surface area contributed by atoms with E-state index in [-0.39, 0.29) is 16.9 Å². The standard InChI is InChI=1S/C11H12O3S/c12-7-1-3-8(4-2-7)15-10-6-5-9(10)11(13)14/h1-4,9-10,12H,5-6H2,(H,13,14). The number of benzene rings is 1. The van der Waals surface area contributed by atoms with Crippen molar-refractivity contribution in [3.63, 3.8) is 0 Å². The average Bonchev–Trinajstić information content (AvgIpc) is 2.14. The van der Waals surface area contributed by atoms with Crippen LogP contribution in [0.1, 0.15) is 12.8 Å². The summed E-state index contributed by atoms with van der Waals surface area (Å²) >= 11 is 1.58. The molecule has 0 heterocycles. The van der Waals surface area contributed by atoms with Crippen LogP contribution in [0.25, 0.3) is 0 Å². The molecule has 0 bridgehead atoms. The Morgan fingerprint density at radius 3 is 2.40 bits per heavy atom. The lowest BCUT2D eigenvalue weighted by Gasteiger charge is -2.32. The molecular weight excluding hydrogens is 212 g/mol. The zero-order valence-corrected chi connectivity index (χ0v) is 8.91. The molecule has 1 aromatic rings. The first-order valence-corrected chi connectivity index (χ1v) is 5.73. The number of rotatable bonds is 3. The fraction of sp³-hybridized carbons (Fsp3) is 0.364. The van der Waals surface area contributed by atoms with Gasteiger partial charge in [-0.1, -0.05) is 0 Å². The van der Waals surface area contributed by atoms with Crippen molar-refractivity contribution >= 4 is 17.7 Å². The van der Waals surface area contributed by atoms with E-state index in [2.05, 4.69) is 0 Å². The van der Waals surface area contributed by atoms with Crippen molar-refractivity contribution in [2.24, 2.45) is 5.92 Å². The van der Waals surface area contributed by atoms with Gasteiger partial charge in [0, 0.05) is 10.1 Å². The van der Waals surface area contributed by atoms with Crippen molar-refractivity contribution in [2.75, 3.05) is 0 Å². The highest BCUT2D eigenvalue weighted by Crippen LogP contribution is 2.41. The van der Waals surface area contributed by atoms with Gasteiger partial charge in [-0.2, -0.15) is 0 Å². The first-order valence-electron chi connectivity index (χ1n) is 4.85. The van der Waals surface area contributed by atoms with E-state index in [1.165, 1.54) is 0 Å². The Kier molecular flexibility index (Phi) is 2.86. The topological polar surface area (TPSA) is 57.5 Å². The Morgan fingerprint density at radius 1 is 1.27 bits per heavy atom. The molecule has 1 aliphatic rings. The predicted molar refractivity (Wildman–Crippen MR) is 58.1 cm³/mol. The second-order valence-corrected chi connectivity index (χ2v) is 4.98. The van der Waals surface area contributed by atoms with E-state index >= 15 is 0 Å². The van der Waals surface area contributed by atoms with Gasteiger partial charge in [-0.05, 0) is 37.1 Å². The molecule has 80 valence electrons. The Hall–Kier alpha value is -1.16. The zero-order chi connectivity index (χ0) is 10.8. The quantitative estimate of drug-likeness (QED) is 0.827. The van der Waals surface area contributed by atoms with Crippen LogP contribution in [0.2, 0.25) is 0 Å². The van der Waals surface area contributed by atoms with E-state index in [4.69, 9.17) is 10.2 Å². The number of thioether (sulfide) groups is 1. The van der Waals surface area contributed by atoms with Crippen molar-refractivity contribution < 1.29 is 15.0 Å². The minimum Gasteiger partial charge on any atom is -0.508 e. The minimum absolute atomic E-state index is 0.187. The van der Waals surface area contributed by atoms with Crippen molar-refractivity contribution in [3.05, 3.63) is 24.3 Å². The third kappa shape index (κ3) is 2.26. The lowest BCUT2D eigenvalue weighted by molar-refractivity contribution is -0.144. The summed E-state index contributed by atoms with van der Waals surface area (Å²) in [5.41, 5.74) is 0. The van der Waals surface area contributed by atoms with Gasteiger partial charge < -0.3 is 10.2 Å². The van der Waals surface area contributed by atoms with Crippen LogP contribution in [0.15, 0.2) is 29.2 Å². The molecule has 2 unspecified atom stereocenters. The Bertz CT molecular complexity index is 361. The molecule has 1 saturated carbocycles. The van der Waals surface area contributed by atoms with Crippen LogP contribution in [0.3, 0.4) is 0 Å². The molecule has 2 rings (SSSR count). The summed E-state index contributed by atoms with van der Waals surface area (Å²) in [4.78, 5) is 11.8. The van der Waals surface area contributed by atoms with Gasteiger partial charge in [-0.3, -0.25) is 4.79 Å². The highest BCUT2D eigenvalue weighted by Gasteiger charge is 2.37. The van der Waals surface area contributed by atoms with Crippen molar-refractivity contribution in [1.82, 2.24) is 0 Å². The van der Waals surface area contributed by atoms with Crippen molar-refractivity contribution in [2.45, 2.75) is 23.0 Å². The van der Waals surface area contributed by atoms with Gasteiger partial charge in [0.15, 0.2) is 0 Å². The Balaban J connectivity index is 1.97. The number of carboxylic acid groups (broad SMARTS) is 1. The fourth-order valence-electron chi connectivity index (χ4n) is 1.59. The molecule has 0 saturated heterocycles. The van der Waals surface area contributed by atoms with E-state index in [0.29, 0.717) is 0 Å². The first-order chi connectivity index (χ1) is 7.16. The van der Waals surface area contributed by atoms with E-state index in [9.17, 15) is 4.79 Å². The smallest absolute Gasteiger partial charge is 0.307 e. The summed E-state index contributed by atoms with van der Waals surface area (Å²) < 4.78 is 0. The number of hydrogen-bond donors (Lipinski definition) is 2.